The molecule has 0 saturated heterocycles. The third-order valence-electron chi connectivity index (χ3n) is 3.47. The number of aliphatic hydroxyl groups is 1. The maximum Gasteiger partial charge on any atom is 0.0750 e. The Morgan fingerprint density at radius 3 is 2.88 bits per heavy atom. The van der Waals surface area contributed by atoms with Crippen molar-refractivity contribution in [1.29, 1.82) is 5.26 Å². The van der Waals surface area contributed by atoms with Gasteiger partial charge in [-0.3, -0.25) is 4.68 Å². The zero-order chi connectivity index (χ0) is 12.1. The minimum Gasteiger partial charge on any atom is -0.395 e. The summed E-state index contributed by atoms with van der Waals surface area (Å²) in [5.41, 5.74) is 0.913. The molecule has 1 N–H and O–H groups in total. The maximum absolute atomic E-state index is 8.99. The van der Waals surface area contributed by atoms with Gasteiger partial charge >= 0.3 is 0 Å². The second-order valence-electron chi connectivity index (χ2n) is 4.79. The second-order valence-corrected chi connectivity index (χ2v) is 4.79. The van der Waals surface area contributed by atoms with E-state index in [9.17, 15) is 0 Å². The van der Waals surface area contributed by atoms with E-state index in [0.29, 0.717) is 12.5 Å². The van der Waals surface area contributed by atoms with Crippen molar-refractivity contribution < 1.29 is 5.11 Å². The predicted octanol–water partition coefficient (Wildman–Crippen LogP) is 2.06. The molecular formula is C13H19N3O. The van der Waals surface area contributed by atoms with Crippen LogP contribution >= 0.6 is 0 Å². The van der Waals surface area contributed by atoms with Gasteiger partial charge in [-0.25, -0.2) is 0 Å². The molecule has 1 aromatic rings. The molecule has 4 heteroatoms. The number of aromatic nitrogens is 2. The summed E-state index contributed by atoms with van der Waals surface area (Å²) in [6.45, 7) is -0.0905. The van der Waals surface area contributed by atoms with E-state index in [-0.39, 0.29) is 12.5 Å². The van der Waals surface area contributed by atoms with E-state index >= 15 is 0 Å². The fraction of sp³-hybridized carbons (Fsp3) is 0.692. The van der Waals surface area contributed by atoms with Crippen LogP contribution in [-0.4, -0.2) is 21.5 Å². The summed E-state index contributed by atoms with van der Waals surface area (Å²) in [5.74, 6) is -0.329. The largest absolute Gasteiger partial charge is 0.395 e. The Labute approximate surface area is 102 Å². The molecule has 0 spiro atoms. The Morgan fingerprint density at radius 2 is 2.24 bits per heavy atom. The number of aliphatic hydroxyl groups excluding tert-OH is 1. The van der Waals surface area contributed by atoms with Crippen molar-refractivity contribution in [2.45, 2.75) is 44.6 Å². The fourth-order valence-corrected chi connectivity index (χ4v) is 2.44. The van der Waals surface area contributed by atoms with E-state index in [0.717, 1.165) is 5.69 Å². The van der Waals surface area contributed by atoms with Gasteiger partial charge in [0.25, 0.3) is 0 Å². The zero-order valence-electron chi connectivity index (χ0n) is 10.0. The molecule has 1 atom stereocenters. The Bertz CT molecular complexity index is 388. The van der Waals surface area contributed by atoms with Gasteiger partial charge in [0.2, 0.25) is 0 Å². The first-order chi connectivity index (χ1) is 8.33. The summed E-state index contributed by atoms with van der Waals surface area (Å²) in [5, 5.41) is 22.3. The number of nitrogens with zero attached hydrogens (tertiary/aromatic N) is 3. The molecule has 2 rings (SSSR count). The molecule has 0 amide bonds. The first-order valence-electron chi connectivity index (χ1n) is 6.38. The molecule has 1 unspecified atom stereocenters. The van der Waals surface area contributed by atoms with Crippen molar-refractivity contribution in [3.63, 3.8) is 0 Å². The lowest BCUT2D eigenvalue weighted by atomic mass is 9.96. The van der Waals surface area contributed by atoms with Gasteiger partial charge in [0, 0.05) is 12.6 Å². The van der Waals surface area contributed by atoms with E-state index in [1.807, 2.05) is 16.9 Å². The molecular weight excluding hydrogens is 214 g/mol. The summed E-state index contributed by atoms with van der Waals surface area (Å²) >= 11 is 0. The fourth-order valence-electron chi connectivity index (χ4n) is 2.44. The van der Waals surface area contributed by atoms with Crippen molar-refractivity contribution in [1.82, 2.24) is 9.78 Å². The number of hydrogen-bond donors (Lipinski definition) is 1. The third-order valence-corrected chi connectivity index (χ3v) is 3.47. The highest BCUT2D eigenvalue weighted by atomic mass is 16.3. The first kappa shape index (κ1) is 12.1. The molecule has 4 nitrogen and oxygen atoms in total. The number of rotatable bonds is 4. The molecule has 0 radical (unpaired) electrons. The summed E-state index contributed by atoms with van der Waals surface area (Å²) < 4.78 is 2.04. The van der Waals surface area contributed by atoms with Crippen molar-refractivity contribution in [3.05, 3.63) is 18.0 Å². The quantitative estimate of drug-likeness (QED) is 0.865. The van der Waals surface area contributed by atoms with Crippen LogP contribution in [0.4, 0.5) is 0 Å². The van der Waals surface area contributed by atoms with Crippen LogP contribution in [0.15, 0.2) is 12.3 Å². The zero-order valence-corrected chi connectivity index (χ0v) is 10.0. The average Bonchev–Trinajstić information content (AvgIpc) is 2.85. The normalized spacial score (nSPS) is 18.8. The van der Waals surface area contributed by atoms with E-state index < -0.39 is 0 Å². The van der Waals surface area contributed by atoms with Gasteiger partial charge in [-0.15, -0.1) is 0 Å². The van der Waals surface area contributed by atoms with Crippen LogP contribution in [0.5, 0.6) is 0 Å². The van der Waals surface area contributed by atoms with Gasteiger partial charge in [0.05, 0.1) is 30.3 Å². The van der Waals surface area contributed by atoms with E-state index in [2.05, 4.69) is 11.2 Å². The van der Waals surface area contributed by atoms with Crippen LogP contribution in [0.25, 0.3) is 0 Å². The monoisotopic (exact) mass is 233 g/mol. The van der Waals surface area contributed by atoms with Crippen molar-refractivity contribution in [3.8, 4) is 6.07 Å². The molecule has 1 heterocycles. The molecule has 0 aromatic carbocycles. The van der Waals surface area contributed by atoms with Crippen LogP contribution in [0.3, 0.4) is 0 Å². The smallest absolute Gasteiger partial charge is 0.0750 e. The van der Waals surface area contributed by atoms with Gasteiger partial charge in [-0.05, 0) is 18.9 Å². The minimum atomic E-state index is -0.329. The highest BCUT2D eigenvalue weighted by Crippen LogP contribution is 2.27. The van der Waals surface area contributed by atoms with Crippen LogP contribution in [0.1, 0.15) is 43.8 Å². The lowest BCUT2D eigenvalue weighted by Gasteiger charge is -2.21. The molecule has 1 saturated carbocycles. The molecule has 17 heavy (non-hydrogen) atoms. The van der Waals surface area contributed by atoms with E-state index in [1.54, 1.807) is 0 Å². The lowest BCUT2D eigenvalue weighted by molar-refractivity contribution is 0.254. The standard InChI is InChI=1S/C13H19N3O/c14-9-11(10-17)8-12-6-7-16(15-12)13-4-2-1-3-5-13/h6-7,11,13,17H,1-5,8,10H2. The van der Waals surface area contributed by atoms with Crippen molar-refractivity contribution in [2.75, 3.05) is 6.61 Å². The van der Waals surface area contributed by atoms with Crippen LogP contribution in [0, 0.1) is 17.2 Å². The van der Waals surface area contributed by atoms with Crippen LogP contribution in [0.2, 0.25) is 0 Å². The van der Waals surface area contributed by atoms with Gasteiger partial charge in [-0.2, -0.15) is 10.4 Å². The summed E-state index contributed by atoms with van der Waals surface area (Å²) in [6, 6.07) is 4.59. The summed E-state index contributed by atoms with van der Waals surface area (Å²) in [6.07, 6.45) is 8.90. The SMILES string of the molecule is N#CC(CO)Cc1ccn(C2CCCCC2)n1. The molecule has 1 aromatic heterocycles. The van der Waals surface area contributed by atoms with Gasteiger partial charge in [-0.1, -0.05) is 19.3 Å². The van der Waals surface area contributed by atoms with Crippen molar-refractivity contribution in [2.24, 2.45) is 5.92 Å². The summed E-state index contributed by atoms with van der Waals surface area (Å²) in [4.78, 5) is 0. The van der Waals surface area contributed by atoms with Gasteiger partial charge < -0.3 is 5.11 Å². The topological polar surface area (TPSA) is 61.8 Å². The summed E-state index contributed by atoms with van der Waals surface area (Å²) in [7, 11) is 0. The van der Waals surface area contributed by atoms with Crippen molar-refractivity contribution >= 4 is 0 Å². The van der Waals surface area contributed by atoms with Gasteiger partial charge in [0.15, 0.2) is 0 Å². The highest BCUT2D eigenvalue weighted by Gasteiger charge is 2.17. The highest BCUT2D eigenvalue weighted by molar-refractivity contribution is 5.04. The predicted molar refractivity (Wildman–Crippen MR) is 64.2 cm³/mol. The average molecular weight is 233 g/mol. The lowest BCUT2D eigenvalue weighted by Crippen LogP contribution is -2.14. The molecule has 1 fully saturated rings. The molecule has 1 aliphatic carbocycles. The molecule has 0 aliphatic heterocycles. The van der Waals surface area contributed by atoms with E-state index in [1.165, 1.54) is 32.1 Å². The first-order valence-corrected chi connectivity index (χ1v) is 6.38. The Hall–Kier alpha value is -1.34. The van der Waals surface area contributed by atoms with Crippen LogP contribution in [-0.2, 0) is 6.42 Å². The Balaban J connectivity index is 1.97. The van der Waals surface area contributed by atoms with Crippen LogP contribution < -0.4 is 0 Å². The van der Waals surface area contributed by atoms with Gasteiger partial charge in [0.1, 0.15) is 0 Å². The maximum atomic E-state index is 8.99. The Morgan fingerprint density at radius 1 is 1.47 bits per heavy atom. The van der Waals surface area contributed by atoms with E-state index in [4.69, 9.17) is 10.4 Å². The number of hydrogen-bond acceptors (Lipinski definition) is 3. The minimum absolute atomic E-state index is 0.0905. The number of nitriles is 1. The third kappa shape index (κ3) is 3.07. The molecule has 0 bridgehead atoms. The second kappa shape index (κ2) is 5.83. The molecule has 92 valence electrons. The molecule has 1 aliphatic rings. The Kier molecular flexibility index (Phi) is 4.16.